The second-order valence-corrected chi connectivity index (χ2v) is 9.13. The summed E-state index contributed by atoms with van der Waals surface area (Å²) in [5, 5.41) is 12.6. The third kappa shape index (κ3) is 4.18. The number of nitriles is 1. The van der Waals surface area contributed by atoms with Crippen LogP contribution in [0.5, 0.6) is 0 Å². The van der Waals surface area contributed by atoms with Gasteiger partial charge >= 0.3 is 0 Å². The molecule has 1 unspecified atom stereocenters. The van der Waals surface area contributed by atoms with Crippen LogP contribution < -0.4 is 0 Å². The normalized spacial score (nSPS) is 12.8. The Balaban J connectivity index is 0.00000267. The predicted octanol–water partition coefficient (Wildman–Crippen LogP) is 6.94. The Labute approximate surface area is 217 Å². The van der Waals surface area contributed by atoms with Gasteiger partial charge in [-0.15, -0.1) is 12.4 Å². The van der Waals surface area contributed by atoms with Gasteiger partial charge in [-0.1, -0.05) is 66.7 Å². The lowest BCUT2D eigenvalue weighted by molar-refractivity contribution is 0.0622. The van der Waals surface area contributed by atoms with Gasteiger partial charge in [-0.25, -0.2) is 4.98 Å². The van der Waals surface area contributed by atoms with Gasteiger partial charge in [0.05, 0.1) is 36.5 Å². The number of hydrogen-bond acceptors (Lipinski definition) is 3. The fraction of sp³-hybridized carbons (Fsp3) is 0.161. The Morgan fingerprint density at radius 3 is 2.50 bits per heavy atom. The fourth-order valence-electron chi connectivity index (χ4n) is 5.25. The number of nitrogens with zero attached hydrogens (tertiary/aromatic N) is 3. The first kappa shape index (κ1) is 23.8. The number of imidazole rings is 1. The summed E-state index contributed by atoms with van der Waals surface area (Å²) in [7, 11) is 1.98. The Morgan fingerprint density at radius 2 is 1.75 bits per heavy atom. The molecule has 36 heavy (non-hydrogen) atoms. The van der Waals surface area contributed by atoms with Crippen LogP contribution in [-0.2, 0) is 31.2 Å². The lowest BCUT2D eigenvalue weighted by atomic mass is 9.90. The highest BCUT2D eigenvalue weighted by Gasteiger charge is 2.22. The maximum atomic E-state index is 9.99. The number of ether oxygens (including phenoxy) is 1. The van der Waals surface area contributed by atoms with E-state index in [1.54, 1.807) is 6.33 Å². The molecular weight excluding hydrogens is 466 g/mol. The maximum Gasteiger partial charge on any atom is 0.124 e. The lowest BCUT2D eigenvalue weighted by Gasteiger charge is -2.21. The smallest absolute Gasteiger partial charge is 0.124 e. The number of aromatic nitrogens is 2. The molecule has 1 atom stereocenters. The zero-order valence-electron chi connectivity index (χ0n) is 20.0. The molecule has 0 saturated heterocycles. The summed E-state index contributed by atoms with van der Waals surface area (Å²) in [6, 6.07) is 29.6. The van der Waals surface area contributed by atoms with Gasteiger partial charge in [0, 0.05) is 12.6 Å². The van der Waals surface area contributed by atoms with E-state index in [2.05, 4.69) is 59.6 Å². The van der Waals surface area contributed by atoms with E-state index in [0.717, 1.165) is 40.8 Å². The van der Waals surface area contributed by atoms with Gasteiger partial charge < -0.3 is 9.30 Å². The molecule has 1 aromatic heterocycles. The molecule has 0 bridgehead atoms. The van der Waals surface area contributed by atoms with Crippen molar-refractivity contribution in [3.63, 3.8) is 0 Å². The van der Waals surface area contributed by atoms with Crippen molar-refractivity contribution >= 4 is 23.2 Å². The number of rotatable bonds is 6. The molecule has 5 aromatic rings. The van der Waals surface area contributed by atoms with Crippen LogP contribution in [0.15, 0.2) is 91.4 Å². The van der Waals surface area contributed by atoms with Gasteiger partial charge in [-0.2, -0.15) is 5.26 Å². The third-order valence-corrected chi connectivity index (χ3v) is 7.02. The van der Waals surface area contributed by atoms with E-state index in [1.165, 1.54) is 21.9 Å². The number of aryl methyl sites for hydroxylation is 3. The summed E-state index contributed by atoms with van der Waals surface area (Å²) < 4.78 is 8.49. The molecule has 0 spiro atoms. The molecular formula is C31H26ClN3O. The van der Waals surface area contributed by atoms with Crippen LogP contribution in [0.2, 0.25) is 0 Å². The van der Waals surface area contributed by atoms with Crippen molar-refractivity contribution in [2.24, 2.45) is 7.05 Å². The molecule has 0 N–H and O–H groups in total. The van der Waals surface area contributed by atoms with Crippen molar-refractivity contribution in [2.75, 3.05) is 0 Å². The molecule has 1 heterocycles. The predicted molar refractivity (Wildman–Crippen MR) is 145 cm³/mol. The Bertz CT molecular complexity index is 1570. The molecule has 0 saturated carbocycles. The highest BCUT2D eigenvalue weighted by molar-refractivity contribution is 6.02. The van der Waals surface area contributed by atoms with Gasteiger partial charge in [0.15, 0.2) is 0 Å². The number of benzene rings is 4. The third-order valence-electron chi connectivity index (χ3n) is 7.02. The van der Waals surface area contributed by atoms with Crippen molar-refractivity contribution in [3.05, 3.63) is 125 Å². The summed E-state index contributed by atoms with van der Waals surface area (Å²) in [6.45, 7) is 0.479. The summed E-state index contributed by atoms with van der Waals surface area (Å²) in [4.78, 5) is 4.34. The van der Waals surface area contributed by atoms with Crippen molar-refractivity contribution < 1.29 is 4.74 Å². The minimum absolute atomic E-state index is 0. The molecule has 1 aliphatic rings. The van der Waals surface area contributed by atoms with Gasteiger partial charge in [-0.05, 0) is 63.6 Å². The molecule has 5 heteroatoms. The van der Waals surface area contributed by atoms with E-state index in [9.17, 15) is 5.26 Å². The van der Waals surface area contributed by atoms with E-state index >= 15 is 0 Å². The maximum absolute atomic E-state index is 9.99. The van der Waals surface area contributed by atoms with E-state index in [4.69, 9.17) is 4.74 Å². The minimum Gasteiger partial charge on any atom is -0.363 e. The first-order valence-electron chi connectivity index (χ1n) is 11.9. The molecule has 0 radical (unpaired) electrons. The van der Waals surface area contributed by atoms with E-state index < -0.39 is 0 Å². The topological polar surface area (TPSA) is 50.8 Å². The van der Waals surface area contributed by atoms with Crippen LogP contribution in [0.1, 0.15) is 39.6 Å². The monoisotopic (exact) mass is 491 g/mol. The van der Waals surface area contributed by atoms with E-state index in [0.29, 0.717) is 12.2 Å². The molecule has 4 aromatic carbocycles. The molecule has 0 amide bonds. The van der Waals surface area contributed by atoms with Gasteiger partial charge in [0.25, 0.3) is 0 Å². The van der Waals surface area contributed by atoms with Crippen LogP contribution >= 0.6 is 12.4 Å². The molecule has 4 nitrogen and oxygen atoms in total. The van der Waals surface area contributed by atoms with Gasteiger partial charge in [-0.3, -0.25) is 0 Å². The van der Waals surface area contributed by atoms with Gasteiger partial charge in [0.1, 0.15) is 6.10 Å². The van der Waals surface area contributed by atoms with Crippen molar-refractivity contribution in [2.45, 2.75) is 25.6 Å². The number of hydrogen-bond donors (Lipinski definition) is 0. The standard InChI is InChI=1S/C31H25N3O.ClH/c1-34-20-33-18-29(34)31(35-19-21-6-3-2-4-7-21)24-12-13-25(17-32)28(16-24)26-15-14-23-11-10-22-8-5-9-27(26)30(22)23;/h2-9,12-16,18,20,31H,10-11,19H2,1H3;1H. The van der Waals surface area contributed by atoms with Gasteiger partial charge in [0.2, 0.25) is 0 Å². The van der Waals surface area contributed by atoms with Crippen LogP contribution in [-0.4, -0.2) is 9.55 Å². The second kappa shape index (κ2) is 9.99. The van der Waals surface area contributed by atoms with E-state index in [1.807, 2.05) is 48.1 Å². The summed E-state index contributed by atoms with van der Waals surface area (Å²) in [5.41, 5.74) is 8.58. The van der Waals surface area contributed by atoms with Crippen LogP contribution in [0.4, 0.5) is 0 Å². The van der Waals surface area contributed by atoms with Crippen LogP contribution in [0, 0.1) is 11.3 Å². The highest BCUT2D eigenvalue weighted by Crippen LogP contribution is 2.39. The SMILES string of the molecule is Cl.Cn1cncc1C(OCc1ccccc1)c1ccc(C#N)c(-c2ccc3c4c(cccc24)CC3)c1. The molecule has 178 valence electrons. The van der Waals surface area contributed by atoms with E-state index in [-0.39, 0.29) is 18.5 Å². The minimum atomic E-state index is -0.314. The zero-order valence-corrected chi connectivity index (χ0v) is 20.8. The first-order valence-corrected chi connectivity index (χ1v) is 11.9. The Hall–Kier alpha value is -3.91. The summed E-state index contributed by atoms with van der Waals surface area (Å²) in [5.74, 6) is 0. The molecule has 1 aliphatic carbocycles. The highest BCUT2D eigenvalue weighted by atomic mass is 35.5. The quantitative estimate of drug-likeness (QED) is 0.258. The lowest BCUT2D eigenvalue weighted by Crippen LogP contribution is -2.11. The zero-order chi connectivity index (χ0) is 23.8. The molecule has 6 rings (SSSR count). The Morgan fingerprint density at radius 1 is 0.944 bits per heavy atom. The molecule has 0 aliphatic heterocycles. The number of halogens is 1. The van der Waals surface area contributed by atoms with Crippen LogP contribution in [0.25, 0.3) is 21.9 Å². The first-order chi connectivity index (χ1) is 17.2. The fourth-order valence-corrected chi connectivity index (χ4v) is 5.25. The average molecular weight is 492 g/mol. The Kier molecular flexibility index (Phi) is 6.61. The summed E-state index contributed by atoms with van der Waals surface area (Å²) >= 11 is 0. The second-order valence-electron chi connectivity index (χ2n) is 9.13. The molecule has 0 fully saturated rings. The van der Waals surface area contributed by atoms with Crippen molar-refractivity contribution in [1.29, 1.82) is 5.26 Å². The summed E-state index contributed by atoms with van der Waals surface area (Å²) in [6.07, 6.45) is 5.49. The van der Waals surface area contributed by atoms with Crippen LogP contribution in [0.3, 0.4) is 0 Å². The largest absolute Gasteiger partial charge is 0.363 e. The van der Waals surface area contributed by atoms with Crippen molar-refractivity contribution in [1.82, 2.24) is 9.55 Å². The van der Waals surface area contributed by atoms with Crippen molar-refractivity contribution in [3.8, 4) is 17.2 Å². The average Bonchev–Trinajstić information content (AvgIpc) is 3.52.